The normalized spacial score (nSPS) is 10.2. The zero-order valence-electron chi connectivity index (χ0n) is 12.3. The highest BCUT2D eigenvalue weighted by molar-refractivity contribution is 5.71. The van der Waals surface area contributed by atoms with E-state index in [9.17, 15) is 5.26 Å². The van der Waals surface area contributed by atoms with Crippen LogP contribution < -0.4 is 0 Å². The van der Waals surface area contributed by atoms with Gasteiger partial charge in [0.15, 0.2) is 0 Å². The smallest absolute Gasteiger partial charge is 0.101 e. The zero-order chi connectivity index (χ0) is 15.5. The van der Waals surface area contributed by atoms with Crippen LogP contribution in [0.3, 0.4) is 0 Å². The number of allylic oxidation sites excluding steroid dienone is 1. The Balaban J connectivity index is 2.11. The maximum atomic E-state index is 9.39. The minimum absolute atomic E-state index is 0.653. The van der Waals surface area contributed by atoms with Gasteiger partial charge in [-0.25, -0.2) is 0 Å². The van der Waals surface area contributed by atoms with Crippen molar-refractivity contribution in [2.45, 2.75) is 6.92 Å². The Hall–Kier alpha value is -3.12. The van der Waals surface area contributed by atoms with Crippen molar-refractivity contribution >= 4 is 5.57 Å². The fourth-order valence-corrected chi connectivity index (χ4v) is 2.35. The van der Waals surface area contributed by atoms with E-state index in [-0.39, 0.29) is 0 Å². The topological polar surface area (TPSA) is 41.6 Å². The second kappa shape index (κ2) is 5.71. The van der Waals surface area contributed by atoms with Gasteiger partial charge >= 0.3 is 0 Å². The Morgan fingerprint density at radius 2 is 1.95 bits per heavy atom. The molecule has 22 heavy (non-hydrogen) atoms. The van der Waals surface area contributed by atoms with Crippen LogP contribution >= 0.6 is 0 Å². The van der Waals surface area contributed by atoms with Crippen LogP contribution in [-0.2, 0) is 0 Å². The van der Waals surface area contributed by atoms with E-state index in [1.54, 1.807) is 6.20 Å². The van der Waals surface area contributed by atoms with E-state index in [4.69, 9.17) is 0 Å². The van der Waals surface area contributed by atoms with Gasteiger partial charge in [-0.05, 0) is 30.2 Å². The monoisotopic (exact) mass is 285 g/mol. The molecule has 0 aliphatic rings. The van der Waals surface area contributed by atoms with E-state index in [0.717, 1.165) is 28.1 Å². The fraction of sp³-hybridized carbons (Fsp3) is 0.0526. The summed E-state index contributed by atoms with van der Waals surface area (Å²) in [5, 5.41) is 9.39. The molecule has 0 aliphatic heterocycles. The minimum atomic E-state index is 0.653. The molecule has 0 spiro atoms. The van der Waals surface area contributed by atoms with Crippen molar-refractivity contribution in [1.82, 2.24) is 9.55 Å². The predicted octanol–water partition coefficient (Wildman–Crippen LogP) is 4.44. The molecule has 0 saturated carbocycles. The van der Waals surface area contributed by atoms with Gasteiger partial charge in [0.25, 0.3) is 0 Å². The molecule has 0 bridgehead atoms. The van der Waals surface area contributed by atoms with Crippen LogP contribution in [-0.4, -0.2) is 9.55 Å². The lowest BCUT2D eigenvalue weighted by molar-refractivity contribution is 1.06. The number of hydrogen-bond acceptors (Lipinski definition) is 2. The zero-order valence-corrected chi connectivity index (χ0v) is 12.3. The number of aromatic nitrogens is 2. The Morgan fingerprint density at radius 3 is 2.64 bits per heavy atom. The summed E-state index contributed by atoms with van der Waals surface area (Å²) in [5.41, 5.74) is 5.35. The molecule has 0 unspecified atom stereocenters. The molecule has 0 amide bonds. The van der Waals surface area contributed by atoms with Gasteiger partial charge in [-0.3, -0.25) is 4.98 Å². The van der Waals surface area contributed by atoms with Gasteiger partial charge in [0.2, 0.25) is 0 Å². The van der Waals surface area contributed by atoms with Crippen molar-refractivity contribution in [1.29, 1.82) is 5.26 Å². The summed E-state index contributed by atoms with van der Waals surface area (Å²) in [7, 11) is 0. The van der Waals surface area contributed by atoms with Crippen LogP contribution in [0.15, 0.2) is 67.6 Å². The fourth-order valence-electron chi connectivity index (χ4n) is 2.35. The number of rotatable bonds is 3. The second-order valence-electron chi connectivity index (χ2n) is 5.15. The molecule has 0 aliphatic carbocycles. The van der Waals surface area contributed by atoms with Gasteiger partial charge < -0.3 is 4.57 Å². The maximum absolute atomic E-state index is 9.39. The number of benzene rings is 1. The van der Waals surface area contributed by atoms with E-state index >= 15 is 0 Å². The van der Waals surface area contributed by atoms with Crippen LogP contribution in [0.2, 0.25) is 0 Å². The third-order valence-electron chi connectivity index (χ3n) is 3.51. The van der Waals surface area contributed by atoms with Gasteiger partial charge in [0.05, 0.1) is 11.3 Å². The quantitative estimate of drug-likeness (QED) is 0.713. The largest absolute Gasteiger partial charge is 0.322 e. The van der Waals surface area contributed by atoms with E-state index in [1.807, 2.05) is 66.3 Å². The van der Waals surface area contributed by atoms with Crippen molar-refractivity contribution < 1.29 is 0 Å². The summed E-state index contributed by atoms with van der Waals surface area (Å²) in [6.45, 7) is 5.85. The number of hydrogen-bond donors (Lipinski definition) is 0. The Bertz CT molecular complexity index is 867. The molecule has 0 fully saturated rings. The molecule has 106 valence electrons. The van der Waals surface area contributed by atoms with Crippen LogP contribution in [0.4, 0.5) is 0 Å². The van der Waals surface area contributed by atoms with Crippen LogP contribution in [0.25, 0.3) is 22.4 Å². The molecule has 2 heterocycles. The van der Waals surface area contributed by atoms with Gasteiger partial charge in [-0.15, -0.1) is 0 Å². The summed E-state index contributed by atoms with van der Waals surface area (Å²) in [6, 6.07) is 16.1. The molecule has 3 nitrogen and oxygen atoms in total. The highest BCUT2D eigenvalue weighted by Crippen LogP contribution is 2.26. The van der Waals surface area contributed by atoms with Crippen molar-refractivity contribution in [2.24, 2.45) is 0 Å². The summed E-state index contributed by atoms with van der Waals surface area (Å²) < 4.78 is 1.95. The minimum Gasteiger partial charge on any atom is -0.322 e. The number of nitriles is 1. The molecule has 1 aromatic carbocycles. The standard InChI is InChI=1S/C19H15N3/c1-14(2)19-10-17(8-9-21-19)22-12-16(11-20)18(13-22)15-6-4-3-5-7-15/h3-10,12-13H,1H2,2H3. The molecule has 3 rings (SSSR count). The first-order valence-corrected chi connectivity index (χ1v) is 6.99. The lowest BCUT2D eigenvalue weighted by atomic mass is 10.1. The summed E-state index contributed by atoms with van der Waals surface area (Å²) in [6.07, 6.45) is 5.58. The molecule has 0 saturated heterocycles. The first-order chi connectivity index (χ1) is 10.7. The van der Waals surface area contributed by atoms with Gasteiger partial charge in [0.1, 0.15) is 6.07 Å². The van der Waals surface area contributed by atoms with E-state index in [0.29, 0.717) is 5.56 Å². The van der Waals surface area contributed by atoms with Crippen molar-refractivity contribution in [3.8, 4) is 22.9 Å². The first-order valence-electron chi connectivity index (χ1n) is 6.99. The molecule has 0 N–H and O–H groups in total. The van der Waals surface area contributed by atoms with E-state index in [2.05, 4.69) is 17.6 Å². The molecule has 2 aromatic heterocycles. The average molecular weight is 285 g/mol. The lowest BCUT2D eigenvalue weighted by Crippen LogP contribution is -1.93. The number of nitrogens with zero attached hydrogens (tertiary/aromatic N) is 3. The maximum Gasteiger partial charge on any atom is 0.101 e. The van der Waals surface area contributed by atoms with Gasteiger partial charge in [0, 0.05) is 29.8 Å². The van der Waals surface area contributed by atoms with Crippen molar-refractivity contribution in [3.63, 3.8) is 0 Å². The highest BCUT2D eigenvalue weighted by atomic mass is 15.0. The third-order valence-corrected chi connectivity index (χ3v) is 3.51. The Kier molecular flexibility index (Phi) is 3.59. The molecule has 0 radical (unpaired) electrons. The average Bonchev–Trinajstić information content (AvgIpc) is 3.00. The third kappa shape index (κ3) is 2.55. The van der Waals surface area contributed by atoms with Crippen LogP contribution in [0, 0.1) is 11.3 Å². The predicted molar refractivity (Wildman–Crippen MR) is 88.4 cm³/mol. The summed E-state index contributed by atoms with van der Waals surface area (Å²) >= 11 is 0. The SMILES string of the molecule is C=C(C)c1cc(-n2cc(C#N)c(-c3ccccc3)c2)ccn1. The molecule has 3 heteroatoms. The van der Waals surface area contributed by atoms with Crippen LogP contribution in [0.5, 0.6) is 0 Å². The van der Waals surface area contributed by atoms with Crippen LogP contribution in [0.1, 0.15) is 18.2 Å². The highest BCUT2D eigenvalue weighted by Gasteiger charge is 2.10. The lowest BCUT2D eigenvalue weighted by Gasteiger charge is -2.05. The Labute approximate surface area is 129 Å². The summed E-state index contributed by atoms with van der Waals surface area (Å²) in [5.74, 6) is 0. The van der Waals surface area contributed by atoms with Crippen molar-refractivity contribution in [2.75, 3.05) is 0 Å². The van der Waals surface area contributed by atoms with Gasteiger partial charge in [-0.2, -0.15) is 5.26 Å². The molecule has 0 atom stereocenters. The number of pyridine rings is 1. The molecule has 3 aromatic rings. The molecular formula is C19H15N3. The summed E-state index contributed by atoms with van der Waals surface area (Å²) in [4.78, 5) is 4.29. The molecular weight excluding hydrogens is 270 g/mol. The second-order valence-corrected chi connectivity index (χ2v) is 5.15. The van der Waals surface area contributed by atoms with Crippen molar-refractivity contribution in [3.05, 3.63) is 78.9 Å². The first kappa shape index (κ1) is 13.8. The van der Waals surface area contributed by atoms with E-state index < -0.39 is 0 Å². The van der Waals surface area contributed by atoms with E-state index in [1.165, 1.54) is 0 Å². The Morgan fingerprint density at radius 1 is 1.18 bits per heavy atom. The van der Waals surface area contributed by atoms with Gasteiger partial charge in [-0.1, -0.05) is 36.9 Å².